The number of hydrogen-bond donors (Lipinski definition) is 1. The van der Waals surface area contributed by atoms with Crippen molar-refractivity contribution in [3.63, 3.8) is 0 Å². The summed E-state index contributed by atoms with van der Waals surface area (Å²) in [6.45, 7) is 10.4. The van der Waals surface area contributed by atoms with Crippen molar-refractivity contribution in [1.82, 2.24) is 0 Å². The van der Waals surface area contributed by atoms with Crippen LogP contribution in [0, 0.1) is 0 Å². The Morgan fingerprint density at radius 3 is 2.57 bits per heavy atom. The van der Waals surface area contributed by atoms with Crippen molar-refractivity contribution in [2.75, 3.05) is 0 Å². The van der Waals surface area contributed by atoms with Gasteiger partial charge in [0.1, 0.15) is 6.10 Å². The summed E-state index contributed by atoms with van der Waals surface area (Å²) in [5.41, 5.74) is 1.70. The van der Waals surface area contributed by atoms with Crippen LogP contribution in [0.15, 0.2) is 23.3 Å². The number of ether oxygens (including phenoxy) is 2. The highest BCUT2D eigenvalue weighted by atomic mass is 16.6. The molecule has 3 rings (SSSR count). The van der Waals surface area contributed by atoms with Crippen molar-refractivity contribution in [3.8, 4) is 0 Å². The Kier molecular flexibility index (Phi) is 4.27. The van der Waals surface area contributed by atoms with E-state index in [2.05, 4.69) is 32.9 Å². The minimum Gasteiger partial charge on any atom is -0.386 e. The largest absolute Gasteiger partial charge is 0.386 e. The molecule has 4 atom stereocenters. The molecule has 3 heteroatoms. The van der Waals surface area contributed by atoms with E-state index in [1.807, 2.05) is 13.8 Å². The molecule has 0 spiro atoms. The summed E-state index contributed by atoms with van der Waals surface area (Å²) in [5, 5.41) is 10.5. The van der Waals surface area contributed by atoms with Crippen LogP contribution in [-0.4, -0.2) is 34.1 Å². The fraction of sp³-hybridized carbons (Fsp3) is 0.800. The molecule has 0 aromatic carbocycles. The van der Waals surface area contributed by atoms with Crippen molar-refractivity contribution in [2.45, 2.75) is 102 Å². The second-order valence-electron chi connectivity index (χ2n) is 8.65. The maximum Gasteiger partial charge on any atom is 0.106 e. The average molecular weight is 320 g/mol. The lowest BCUT2D eigenvalue weighted by atomic mass is 9.86. The lowest BCUT2D eigenvalue weighted by Crippen LogP contribution is -2.25. The minimum atomic E-state index is -0.791. The quantitative estimate of drug-likeness (QED) is 0.579. The van der Waals surface area contributed by atoms with Gasteiger partial charge in [-0.15, -0.1) is 0 Å². The van der Waals surface area contributed by atoms with E-state index in [-0.39, 0.29) is 17.3 Å². The number of allylic oxidation sites excluding steroid dienone is 2. The molecule has 3 nitrogen and oxygen atoms in total. The first-order valence-electron chi connectivity index (χ1n) is 9.07. The molecule has 0 amide bonds. The smallest absolute Gasteiger partial charge is 0.106 e. The standard InChI is InChI=1S/C20H32O3/c1-14-7-6-11-19(4)17(23-19)13-15(18(2,3)21)10-12-20(5)16(22-20)9-8-14/h7,13,16-17,21H,6,8-12H2,1-5H3/b14-7+,15-13+/t16-,17-,19+,20+/m0/s1. The monoisotopic (exact) mass is 320 g/mol. The molecule has 0 saturated carbocycles. The van der Waals surface area contributed by atoms with Crippen molar-refractivity contribution in [3.05, 3.63) is 23.3 Å². The van der Waals surface area contributed by atoms with Gasteiger partial charge in [-0.3, -0.25) is 0 Å². The lowest BCUT2D eigenvalue weighted by molar-refractivity contribution is 0.113. The van der Waals surface area contributed by atoms with Crippen LogP contribution < -0.4 is 0 Å². The lowest BCUT2D eigenvalue weighted by Gasteiger charge is -2.23. The van der Waals surface area contributed by atoms with E-state index in [1.54, 1.807) is 0 Å². The highest BCUT2D eigenvalue weighted by molar-refractivity contribution is 5.23. The van der Waals surface area contributed by atoms with Crippen LogP contribution in [0.4, 0.5) is 0 Å². The van der Waals surface area contributed by atoms with Gasteiger partial charge in [0.25, 0.3) is 0 Å². The van der Waals surface area contributed by atoms with E-state index in [9.17, 15) is 5.11 Å². The second kappa shape index (κ2) is 5.72. The van der Waals surface area contributed by atoms with Crippen LogP contribution in [0.2, 0.25) is 0 Å². The Morgan fingerprint density at radius 1 is 1.13 bits per heavy atom. The summed E-state index contributed by atoms with van der Waals surface area (Å²) in [5.74, 6) is 0. The molecule has 2 fully saturated rings. The Hall–Kier alpha value is -0.640. The van der Waals surface area contributed by atoms with Crippen LogP contribution in [0.1, 0.15) is 73.1 Å². The molecule has 1 aliphatic carbocycles. The summed E-state index contributed by atoms with van der Waals surface area (Å²) in [7, 11) is 0. The van der Waals surface area contributed by atoms with Gasteiger partial charge in [-0.2, -0.15) is 0 Å². The molecule has 0 radical (unpaired) electrons. The number of hydrogen-bond acceptors (Lipinski definition) is 3. The van der Waals surface area contributed by atoms with Crippen molar-refractivity contribution >= 4 is 0 Å². The molecule has 2 saturated heterocycles. The number of rotatable bonds is 1. The molecular weight excluding hydrogens is 288 g/mol. The first-order chi connectivity index (χ1) is 10.6. The van der Waals surface area contributed by atoms with Gasteiger partial charge in [-0.1, -0.05) is 17.7 Å². The van der Waals surface area contributed by atoms with Crippen molar-refractivity contribution in [2.24, 2.45) is 0 Å². The van der Waals surface area contributed by atoms with Gasteiger partial charge in [-0.05, 0) is 78.7 Å². The van der Waals surface area contributed by atoms with Crippen molar-refractivity contribution in [1.29, 1.82) is 0 Å². The molecular formula is C20H32O3. The molecule has 0 aromatic heterocycles. The molecule has 3 aliphatic rings. The molecule has 2 heterocycles. The molecule has 130 valence electrons. The molecule has 2 aliphatic heterocycles. The van der Waals surface area contributed by atoms with Crippen LogP contribution in [0.25, 0.3) is 0 Å². The maximum atomic E-state index is 10.5. The summed E-state index contributed by atoms with van der Waals surface area (Å²) in [4.78, 5) is 0. The fourth-order valence-corrected chi connectivity index (χ4v) is 3.77. The SMILES string of the molecule is C/C1=C\CC[C@@]2(C)O[C@H]2/C=C(/C(C)(C)O)CC[C@@]2(C)O[C@H]2CC1. The Labute approximate surface area is 140 Å². The predicted molar refractivity (Wildman–Crippen MR) is 92.4 cm³/mol. The summed E-state index contributed by atoms with van der Waals surface area (Å²) < 4.78 is 11.9. The molecule has 23 heavy (non-hydrogen) atoms. The van der Waals surface area contributed by atoms with E-state index < -0.39 is 5.60 Å². The predicted octanol–water partition coefficient (Wildman–Crippen LogP) is 4.30. The van der Waals surface area contributed by atoms with Gasteiger partial charge >= 0.3 is 0 Å². The van der Waals surface area contributed by atoms with Gasteiger partial charge < -0.3 is 14.6 Å². The van der Waals surface area contributed by atoms with Gasteiger partial charge in [0.05, 0.1) is 22.9 Å². The molecule has 1 N–H and O–H groups in total. The van der Waals surface area contributed by atoms with Crippen LogP contribution in [0.5, 0.6) is 0 Å². The first kappa shape index (κ1) is 17.2. The van der Waals surface area contributed by atoms with Crippen LogP contribution in [-0.2, 0) is 9.47 Å². The van der Waals surface area contributed by atoms with E-state index in [0.717, 1.165) is 44.1 Å². The third-order valence-corrected chi connectivity index (χ3v) is 5.94. The van der Waals surface area contributed by atoms with Gasteiger partial charge in [0, 0.05) is 0 Å². The van der Waals surface area contributed by atoms with Gasteiger partial charge in [-0.25, -0.2) is 0 Å². The summed E-state index contributed by atoms with van der Waals surface area (Å²) >= 11 is 0. The maximum absolute atomic E-state index is 10.5. The topological polar surface area (TPSA) is 45.3 Å². The highest BCUT2D eigenvalue weighted by Crippen LogP contribution is 2.47. The summed E-state index contributed by atoms with van der Waals surface area (Å²) in [6.07, 6.45) is 11.2. The van der Waals surface area contributed by atoms with E-state index in [1.165, 1.54) is 5.57 Å². The van der Waals surface area contributed by atoms with Gasteiger partial charge in [0.15, 0.2) is 0 Å². The third kappa shape index (κ3) is 3.89. The van der Waals surface area contributed by atoms with E-state index >= 15 is 0 Å². The summed E-state index contributed by atoms with van der Waals surface area (Å²) in [6, 6.07) is 0. The minimum absolute atomic E-state index is 0.0115. The Balaban J connectivity index is 1.78. The average Bonchev–Trinajstić information content (AvgIpc) is 3.27. The van der Waals surface area contributed by atoms with E-state index in [0.29, 0.717) is 6.10 Å². The normalized spacial score (nSPS) is 46.3. The molecule has 0 unspecified atom stereocenters. The Bertz CT molecular complexity index is 527. The van der Waals surface area contributed by atoms with Crippen molar-refractivity contribution < 1.29 is 14.6 Å². The third-order valence-electron chi connectivity index (χ3n) is 5.94. The zero-order chi connectivity index (χ0) is 16.9. The van der Waals surface area contributed by atoms with Crippen LogP contribution in [0.3, 0.4) is 0 Å². The van der Waals surface area contributed by atoms with Gasteiger partial charge in [0.2, 0.25) is 0 Å². The van der Waals surface area contributed by atoms with Crippen LogP contribution >= 0.6 is 0 Å². The first-order valence-corrected chi connectivity index (χ1v) is 9.07. The number of fused-ring (bicyclic) bond motifs is 2. The molecule has 0 bridgehead atoms. The van der Waals surface area contributed by atoms with E-state index in [4.69, 9.17) is 9.47 Å². The zero-order valence-corrected chi connectivity index (χ0v) is 15.3. The highest BCUT2D eigenvalue weighted by Gasteiger charge is 2.52. The number of aliphatic hydroxyl groups is 1. The fourth-order valence-electron chi connectivity index (χ4n) is 3.77. The number of epoxide rings is 2. The zero-order valence-electron chi connectivity index (χ0n) is 15.3. The molecule has 0 aromatic rings. The Morgan fingerprint density at radius 2 is 1.87 bits per heavy atom. The second-order valence-corrected chi connectivity index (χ2v) is 8.65.